The Balaban J connectivity index is 1.79. The highest BCUT2D eigenvalue weighted by molar-refractivity contribution is 5.14. The zero-order chi connectivity index (χ0) is 10.5. The Hall–Kier alpha value is -0.820. The molecule has 1 fully saturated rings. The summed E-state index contributed by atoms with van der Waals surface area (Å²) in [7, 11) is 2.24. The van der Waals surface area contributed by atoms with Gasteiger partial charge in [-0.3, -0.25) is 0 Å². The topological polar surface area (TPSA) is 3.24 Å². The fraction of sp³-hybridized carbons (Fsp3) is 0.571. The molecule has 0 aromatic heterocycles. The molecule has 0 atom stereocenters. The molecule has 0 heterocycles. The van der Waals surface area contributed by atoms with Crippen molar-refractivity contribution < 1.29 is 0 Å². The van der Waals surface area contributed by atoms with Gasteiger partial charge in [-0.05, 0) is 31.4 Å². The lowest BCUT2D eigenvalue weighted by atomic mass is 10.1. The predicted octanol–water partition coefficient (Wildman–Crippen LogP) is 3.31. The van der Waals surface area contributed by atoms with Gasteiger partial charge < -0.3 is 4.90 Å². The Morgan fingerprint density at radius 3 is 2.47 bits per heavy atom. The molecule has 1 saturated carbocycles. The van der Waals surface area contributed by atoms with E-state index >= 15 is 0 Å². The van der Waals surface area contributed by atoms with Gasteiger partial charge in [0.15, 0.2) is 0 Å². The van der Waals surface area contributed by atoms with E-state index in [2.05, 4.69) is 42.3 Å². The molecule has 1 aliphatic rings. The average molecular weight is 203 g/mol. The first-order valence-electron chi connectivity index (χ1n) is 6.07. The lowest BCUT2D eigenvalue weighted by Gasteiger charge is -2.20. The third-order valence-electron chi connectivity index (χ3n) is 3.34. The molecule has 1 aromatic rings. The van der Waals surface area contributed by atoms with Crippen LogP contribution in [0.1, 0.15) is 31.2 Å². The predicted molar refractivity (Wildman–Crippen MR) is 64.7 cm³/mol. The molecular weight excluding hydrogens is 182 g/mol. The minimum Gasteiger partial charge on any atom is -0.302 e. The molecule has 15 heavy (non-hydrogen) atoms. The van der Waals surface area contributed by atoms with E-state index in [0.717, 1.165) is 12.5 Å². The number of hydrogen-bond acceptors (Lipinski definition) is 1. The third-order valence-corrected chi connectivity index (χ3v) is 3.34. The summed E-state index contributed by atoms with van der Waals surface area (Å²) >= 11 is 0. The van der Waals surface area contributed by atoms with Crippen LogP contribution >= 0.6 is 0 Å². The van der Waals surface area contributed by atoms with Crippen LogP contribution in [0.3, 0.4) is 0 Å². The van der Waals surface area contributed by atoms with Gasteiger partial charge in [-0.25, -0.2) is 0 Å². The van der Waals surface area contributed by atoms with Crippen molar-refractivity contribution in [3.8, 4) is 0 Å². The van der Waals surface area contributed by atoms with Crippen molar-refractivity contribution in [1.82, 2.24) is 4.90 Å². The molecule has 0 unspecified atom stereocenters. The molecule has 1 nitrogen and oxygen atoms in total. The minimum absolute atomic E-state index is 0.957. The molecule has 0 aliphatic heterocycles. The van der Waals surface area contributed by atoms with E-state index in [1.54, 1.807) is 0 Å². The van der Waals surface area contributed by atoms with Crippen molar-refractivity contribution >= 4 is 0 Å². The van der Waals surface area contributed by atoms with Crippen LogP contribution in [0.2, 0.25) is 0 Å². The van der Waals surface area contributed by atoms with Crippen molar-refractivity contribution in [2.24, 2.45) is 5.92 Å². The SMILES string of the molecule is CN(Cc1ccccc1)CC1CCCC1. The highest BCUT2D eigenvalue weighted by Gasteiger charge is 2.16. The van der Waals surface area contributed by atoms with Gasteiger partial charge in [-0.15, -0.1) is 0 Å². The van der Waals surface area contributed by atoms with E-state index in [1.807, 2.05) is 0 Å². The summed E-state index contributed by atoms with van der Waals surface area (Å²) in [6.45, 7) is 2.37. The van der Waals surface area contributed by atoms with Crippen LogP contribution < -0.4 is 0 Å². The maximum atomic E-state index is 2.46. The fourth-order valence-corrected chi connectivity index (χ4v) is 2.59. The van der Waals surface area contributed by atoms with Crippen LogP contribution in [0.5, 0.6) is 0 Å². The van der Waals surface area contributed by atoms with E-state index in [9.17, 15) is 0 Å². The first kappa shape index (κ1) is 10.7. The lowest BCUT2D eigenvalue weighted by molar-refractivity contribution is 0.271. The molecule has 0 N–H and O–H groups in total. The average Bonchev–Trinajstić information content (AvgIpc) is 2.71. The fourth-order valence-electron chi connectivity index (χ4n) is 2.59. The standard InChI is InChI=1S/C14H21N/c1-15(12-14-9-5-6-10-14)11-13-7-3-2-4-8-13/h2-4,7-8,14H,5-6,9-12H2,1H3. The highest BCUT2D eigenvalue weighted by Crippen LogP contribution is 2.25. The zero-order valence-electron chi connectivity index (χ0n) is 9.65. The van der Waals surface area contributed by atoms with E-state index in [0.29, 0.717) is 0 Å². The van der Waals surface area contributed by atoms with Crippen molar-refractivity contribution in [2.75, 3.05) is 13.6 Å². The number of hydrogen-bond donors (Lipinski definition) is 0. The van der Waals surface area contributed by atoms with Crippen LogP contribution in [-0.2, 0) is 6.54 Å². The Kier molecular flexibility index (Phi) is 3.79. The zero-order valence-corrected chi connectivity index (χ0v) is 9.65. The third kappa shape index (κ3) is 3.35. The maximum Gasteiger partial charge on any atom is 0.0230 e. The monoisotopic (exact) mass is 203 g/mol. The lowest BCUT2D eigenvalue weighted by Crippen LogP contribution is -2.23. The van der Waals surface area contributed by atoms with E-state index in [4.69, 9.17) is 0 Å². The number of rotatable bonds is 4. The molecule has 0 spiro atoms. The Morgan fingerprint density at radius 2 is 1.80 bits per heavy atom. The molecule has 0 radical (unpaired) electrons. The largest absolute Gasteiger partial charge is 0.302 e. The van der Waals surface area contributed by atoms with E-state index in [-0.39, 0.29) is 0 Å². The maximum absolute atomic E-state index is 2.46. The molecule has 1 aromatic carbocycles. The van der Waals surface area contributed by atoms with Gasteiger partial charge in [-0.2, -0.15) is 0 Å². The van der Waals surface area contributed by atoms with Gasteiger partial charge >= 0.3 is 0 Å². The van der Waals surface area contributed by atoms with Crippen molar-refractivity contribution in [3.63, 3.8) is 0 Å². The summed E-state index contributed by atoms with van der Waals surface area (Å²) in [5, 5.41) is 0. The summed E-state index contributed by atoms with van der Waals surface area (Å²) in [6, 6.07) is 10.8. The summed E-state index contributed by atoms with van der Waals surface area (Å²) in [4.78, 5) is 2.46. The second-order valence-corrected chi connectivity index (χ2v) is 4.83. The summed E-state index contributed by atoms with van der Waals surface area (Å²) in [5.74, 6) is 0.957. The van der Waals surface area contributed by atoms with E-state index < -0.39 is 0 Å². The van der Waals surface area contributed by atoms with Crippen LogP contribution in [0.15, 0.2) is 30.3 Å². The van der Waals surface area contributed by atoms with Gasteiger partial charge in [0.1, 0.15) is 0 Å². The first-order valence-corrected chi connectivity index (χ1v) is 6.07. The molecule has 1 heteroatoms. The first-order chi connectivity index (χ1) is 7.34. The number of nitrogens with zero attached hydrogens (tertiary/aromatic N) is 1. The molecule has 0 amide bonds. The van der Waals surface area contributed by atoms with Crippen molar-refractivity contribution in [3.05, 3.63) is 35.9 Å². The van der Waals surface area contributed by atoms with Crippen LogP contribution in [0.4, 0.5) is 0 Å². The summed E-state index contributed by atoms with van der Waals surface area (Å²) in [5.41, 5.74) is 1.43. The van der Waals surface area contributed by atoms with Crippen molar-refractivity contribution in [2.45, 2.75) is 32.2 Å². The normalized spacial score (nSPS) is 17.5. The Bertz CT molecular complexity index is 275. The quantitative estimate of drug-likeness (QED) is 0.725. The molecular formula is C14H21N. The van der Waals surface area contributed by atoms with Crippen LogP contribution in [-0.4, -0.2) is 18.5 Å². The van der Waals surface area contributed by atoms with E-state index in [1.165, 1.54) is 37.8 Å². The summed E-state index contributed by atoms with van der Waals surface area (Å²) < 4.78 is 0. The smallest absolute Gasteiger partial charge is 0.0230 e. The molecule has 0 bridgehead atoms. The second kappa shape index (κ2) is 5.32. The molecule has 82 valence electrons. The number of benzene rings is 1. The summed E-state index contributed by atoms with van der Waals surface area (Å²) in [6.07, 6.45) is 5.78. The molecule has 2 rings (SSSR count). The van der Waals surface area contributed by atoms with Gasteiger partial charge in [-0.1, -0.05) is 43.2 Å². The van der Waals surface area contributed by atoms with Crippen LogP contribution in [0.25, 0.3) is 0 Å². The van der Waals surface area contributed by atoms with Crippen molar-refractivity contribution in [1.29, 1.82) is 0 Å². The Labute approximate surface area is 93.1 Å². The second-order valence-electron chi connectivity index (χ2n) is 4.83. The van der Waals surface area contributed by atoms with Gasteiger partial charge in [0.05, 0.1) is 0 Å². The molecule has 1 aliphatic carbocycles. The Morgan fingerprint density at radius 1 is 1.13 bits per heavy atom. The van der Waals surface area contributed by atoms with Gasteiger partial charge in [0.2, 0.25) is 0 Å². The van der Waals surface area contributed by atoms with Gasteiger partial charge in [0.25, 0.3) is 0 Å². The van der Waals surface area contributed by atoms with Crippen LogP contribution in [0, 0.1) is 5.92 Å². The minimum atomic E-state index is 0.957. The highest BCUT2D eigenvalue weighted by atomic mass is 15.1. The van der Waals surface area contributed by atoms with Gasteiger partial charge in [0, 0.05) is 13.1 Å². The molecule has 0 saturated heterocycles.